The Morgan fingerprint density at radius 2 is 1.73 bits per heavy atom. The van der Waals surface area contributed by atoms with E-state index in [-0.39, 0.29) is 11.4 Å². The first-order valence-electron chi connectivity index (χ1n) is 11.4. The molecular weight excluding hydrogens is 517 g/mol. The van der Waals surface area contributed by atoms with Crippen molar-refractivity contribution in [1.29, 1.82) is 0 Å². The third-order valence-corrected chi connectivity index (χ3v) is 7.53. The van der Waals surface area contributed by atoms with E-state index >= 15 is 0 Å². The third-order valence-electron chi connectivity index (χ3n) is 5.68. The number of anilines is 1. The monoisotopic (exact) mass is 538 g/mol. The molecule has 0 spiro atoms. The lowest BCUT2D eigenvalue weighted by Gasteiger charge is -2.13. The lowest BCUT2D eigenvalue weighted by molar-refractivity contribution is -0.137. The molecule has 5 rings (SSSR count). The van der Waals surface area contributed by atoms with Crippen molar-refractivity contribution in [2.75, 3.05) is 5.32 Å². The number of rotatable bonds is 7. The summed E-state index contributed by atoms with van der Waals surface area (Å²) in [5.74, 6) is -0.270. The number of alkyl halides is 3. The smallest absolute Gasteiger partial charge is 0.314 e. The fourth-order valence-corrected chi connectivity index (χ4v) is 5.43. The van der Waals surface area contributed by atoms with Crippen molar-refractivity contribution in [1.82, 2.24) is 14.5 Å². The molecule has 1 N–H and O–H groups in total. The van der Waals surface area contributed by atoms with Crippen LogP contribution in [-0.2, 0) is 17.5 Å². The van der Waals surface area contributed by atoms with Gasteiger partial charge in [-0.05, 0) is 30.7 Å². The molecule has 0 saturated heterocycles. The number of fused-ring (bicyclic) bond motifs is 1. The van der Waals surface area contributed by atoms with Gasteiger partial charge in [-0.25, -0.2) is 9.97 Å². The SMILES string of the molecule is C[C@@H](Sc1nc2cc(C(F)(F)F)ccc2n1Cc1ccccc1)C(=O)Nc1nc(-c2ccccc2)cs1. The number of hydrogen-bond donors (Lipinski definition) is 1. The summed E-state index contributed by atoms with van der Waals surface area (Å²) < 4.78 is 41.8. The number of benzene rings is 3. The van der Waals surface area contributed by atoms with E-state index in [2.05, 4.69) is 15.3 Å². The Kier molecular flexibility index (Phi) is 7.03. The number of amides is 1. The molecule has 2 heterocycles. The van der Waals surface area contributed by atoms with Gasteiger partial charge >= 0.3 is 6.18 Å². The van der Waals surface area contributed by atoms with Crippen LogP contribution in [0.1, 0.15) is 18.1 Å². The minimum absolute atomic E-state index is 0.230. The van der Waals surface area contributed by atoms with Crippen molar-refractivity contribution < 1.29 is 18.0 Å². The molecule has 0 aliphatic heterocycles. The highest BCUT2D eigenvalue weighted by atomic mass is 32.2. The normalized spacial score (nSPS) is 12.5. The number of nitrogens with one attached hydrogen (secondary N) is 1. The molecule has 1 atom stereocenters. The first kappa shape index (κ1) is 25.0. The summed E-state index contributed by atoms with van der Waals surface area (Å²) in [5.41, 5.74) is 2.73. The summed E-state index contributed by atoms with van der Waals surface area (Å²) in [6, 6.07) is 22.8. The van der Waals surface area contributed by atoms with Crippen LogP contribution in [0.3, 0.4) is 0 Å². The largest absolute Gasteiger partial charge is 0.416 e. The molecule has 0 aliphatic carbocycles. The van der Waals surface area contributed by atoms with Crippen molar-refractivity contribution >= 4 is 45.2 Å². The molecule has 5 nitrogen and oxygen atoms in total. The van der Waals surface area contributed by atoms with Crippen LogP contribution in [0.4, 0.5) is 18.3 Å². The highest BCUT2D eigenvalue weighted by Gasteiger charge is 2.31. The highest BCUT2D eigenvalue weighted by molar-refractivity contribution is 8.00. The van der Waals surface area contributed by atoms with Crippen LogP contribution in [-0.4, -0.2) is 25.7 Å². The van der Waals surface area contributed by atoms with Crippen LogP contribution < -0.4 is 5.32 Å². The van der Waals surface area contributed by atoms with Gasteiger partial charge < -0.3 is 9.88 Å². The van der Waals surface area contributed by atoms with E-state index in [9.17, 15) is 18.0 Å². The first-order valence-corrected chi connectivity index (χ1v) is 13.1. The van der Waals surface area contributed by atoms with Crippen LogP contribution in [0.2, 0.25) is 0 Å². The van der Waals surface area contributed by atoms with E-state index in [0.717, 1.165) is 29.0 Å². The molecule has 3 aromatic carbocycles. The molecule has 0 fully saturated rings. The van der Waals surface area contributed by atoms with Crippen molar-refractivity contribution in [2.45, 2.75) is 30.1 Å². The fraction of sp³-hybridized carbons (Fsp3) is 0.148. The van der Waals surface area contributed by atoms with E-state index in [1.807, 2.05) is 70.6 Å². The molecule has 5 aromatic rings. The third kappa shape index (κ3) is 5.70. The molecule has 0 unspecified atom stereocenters. The van der Waals surface area contributed by atoms with Gasteiger partial charge in [0.1, 0.15) is 0 Å². The van der Waals surface area contributed by atoms with E-state index in [1.54, 1.807) is 6.92 Å². The molecule has 188 valence electrons. The zero-order chi connectivity index (χ0) is 26.0. The fourth-order valence-electron chi connectivity index (χ4n) is 3.78. The summed E-state index contributed by atoms with van der Waals surface area (Å²) >= 11 is 2.52. The van der Waals surface area contributed by atoms with E-state index in [0.29, 0.717) is 22.3 Å². The van der Waals surface area contributed by atoms with Gasteiger partial charge in [-0.15, -0.1) is 11.3 Å². The lowest BCUT2D eigenvalue weighted by atomic mass is 10.2. The summed E-state index contributed by atoms with van der Waals surface area (Å²) in [5, 5.41) is 5.09. The quantitative estimate of drug-likeness (QED) is 0.220. The van der Waals surface area contributed by atoms with Gasteiger partial charge in [0.25, 0.3) is 0 Å². The Balaban J connectivity index is 1.39. The lowest BCUT2D eigenvalue weighted by Crippen LogP contribution is -2.22. The maximum absolute atomic E-state index is 13.3. The van der Waals surface area contributed by atoms with Gasteiger partial charge in [-0.2, -0.15) is 13.2 Å². The van der Waals surface area contributed by atoms with Crippen LogP contribution in [0, 0.1) is 0 Å². The predicted molar refractivity (Wildman–Crippen MR) is 142 cm³/mol. The van der Waals surface area contributed by atoms with E-state index in [1.165, 1.54) is 29.2 Å². The molecule has 0 bridgehead atoms. The molecule has 2 aromatic heterocycles. The first-order chi connectivity index (χ1) is 17.8. The van der Waals surface area contributed by atoms with Gasteiger partial charge in [-0.1, -0.05) is 72.4 Å². The number of aromatic nitrogens is 3. The Bertz CT molecular complexity index is 1530. The van der Waals surface area contributed by atoms with Crippen LogP contribution in [0.25, 0.3) is 22.3 Å². The Morgan fingerprint density at radius 3 is 2.43 bits per heavy atom. The predicted octanol–water partition coefficient (Wildman–Crippen LogP) is 7.35. The Morgan fingerprint density at radius 1 is 1.03 bits per heavy atom. The number of hydrogen-bond acceptors (Lipinski definition) is 5. The molecule has 1 amide bonds. The average molecular weight is 539 g/mol. The molecule has 0 saturated carbocycles. The zero-order valence-corrected chi connectivity index (χ0v) is 21.2. The van der Waals surface area contributed by atoms with Gasteiger partial charge in [0, 0.05) is 10.9 Å². The van der Waals surface area contributed by atoms with Gasteiger partial charge in [0.05, 0.1) is 34.1 Å². The van der Waals surface area contributed by atoms with Crippen molar-refractivity contribution in [2.24, 2.45) is 0 Å². The molecule has 0 aliphatic rings. The Labute approximate surface area is 219 Å². The van der Waals surface area contributed by atoms with Crippen molar-refractivity contribution in [3.8, 4) is 11.3 Å². The minimum atomic E-state index is -4.47. The highest BCUT2D eigenvalue weighted by Crippen LogP contribution is 2.34. The molecule has 37 heavy (non-hydrogen) atoms. The van der Waals surface area contributed by atoms with Crippen LogP contribution in [0.15, 0.2) is 89.4 Å². The van der Waals surface area contributed by atoms with Gasteiger partial charge in [0.2, 0.25) is 5.91 Å². The van der Waals surface area contributed by atoms with E-state index in [4.69, 9.17) is 0 Å². The summed E-state index contributed by atoms with van der Waals surface area (Å²) in [6.45, 7) is 2.14. The summed E-state index contributed by atoms with van der Waals surface area (Å²) in [4.78, 5) is 22.0. The second-order valence-corrected chi connectivity index (χ2v) is 10.5. The van der Waals surface area contributed by atoms with Crippen molar-refractivity contribution in [3.05, 3.63) is 95.4 Å². The van der Waals surface area contributed by atoms with Gasteiger partial charge in [-0.3, -0.25) is 4.79 Å². The maximum atomic E-state index is 13.3. The number of carbonyl (C=O) groups is 1. The number of imidazole rings is 1. The summed E-state index contributed by atoms with van der Waals surface area (Å²) in [7, 11) is 0. The minimum Gasteiger partial charge on any atom is -0.314 e. The van der Waals surface area contributed by atoms with Crippen LogP contribution >= 0.6 is 23.1 Å². The number of halogens is 3. The second-order valence-electron chi connectivity index (χ2n) is 8.32. The maximum Gasteiger partial charge on any atom is 0.416 e. The number of nitrogens with zero attached hydrogens (tertiary/aromatic N) is 3. The van der Waals surface area contributed by atoms with Crippen molar-refractivity contribution in [3.63, 3.8) is 0 Å². The number of thioether (sulfide) groups is 1. The number of carbonyl (C=O) groups excluding carboxylic acids is 1. The average Bonchev–Trinajstić information content (AvgIpc) is 3.49. The zero-order valence-electron chi connectivity index (χ0n) is 19.6. The number of thiazole rings is 1. The van der Waals surface area contributed by atoms with E-state index < -0.39 is 17.0 Å². The molecule has 0 radical (unpaired) electrons. The molecular formula is C27H21F3N4OS2. The second kappa shape index (κ2) is 10.4. The Hall–Kier alpha value is -3.63. The summed E-state index contributed by atoms with van der Waals surface area (Å²) in [6.07, 6.45) is -4.47. The molecule has 10 heteroatoms. The van der Waals surface area contributed by atoms with Crippen LogP contribution in [0.5, 0.6) is 0 Å². The topological polar surface area (TPSA) is 59.8 Å². The van der Waals surface area contributed by atoms with Gasteiger partial charge in [0.15, 0.2) is 10.3 Å². The standard InChI is InChI=1S/C27H21F3N4OS2/c1-17(24(35)33-25-31-22(16-36-25)19-10-6-3-7-11-19)37-26-32-21-14-20(27(28,29)30)12-13-23(21)34(26)15-18-8-4-2-5-9-18/h2-14,16-17H,15H2,1H3,(H,31,33,35)/t17-/m1/s1.